The molecule has 0 bridgehead atoms. The molecule has 5 nitrogen and oxygen atoms in total. The van der Waals surface area contributed by atoms with E-state index < -0.39 is 10.1 Å². The highest BCUT2D eigenvalue weighted by molar-refractivity contribution is 7.86. The van der Waals surface area contributed by atoms with E-state index in [1.807, 2.05) is 0 Å². The Labute approximate surface area is 84.5 Å². The molecule has 2 atom stereocenters. The van der Waals surface area contributed by atoms with Gasteiger partial charge in [0.15, 0.2) is 6.29 Å². The second-order valence-corrected chi connectivity index (χ2v) is 5.07. The van der Waals surface area contributed by atoms with Crippen molar-refractivity contribution in [3.63, 3.8) is 0 Å². The van der Waals surface area contributed by atoms with Gasteiger partial charge < -0.3 is 9.47 Å². The second-order valence-electron chi connectivity index (χ2n) is 3.22. The van der Waals surface area contributed by atoms with Crippen LogP contribution in [0.1, 0.15) is 19.3 Å². The van der Waals surface area contributed by atoms with Gasteiger partial charge in [0.05, 0.1) is 19.0 Å². The van der Waals surface area contributed by atoms with Crippen LogP contribution in [-0.2, 0) is 23.8 Å². The summed E-state index contributed by atoms with van der Waals surface area (Å²) in [7, 11) is -0.600. The summed E-state index contributed by atoms with van der Waals surface area (Å²) in [6.07, 6.45) is 1.94. The molecule has 1 rings (SSSR count). The van der Waals surface area contributed by atoms with Crippen molar-refractivity contribution in [1.82, 2.24) is 0 Å². The van der Waals surface area contributed by atoms with Crippen LogP contribution in [0.25, 0.3) is 0 Å². The maximum atomic E-state index is 11.0. The van der Waals surface area contributed by atoms with E-state index in [0.717, 1.165) is 12.8 Å². The molecule has 0 saturated carbocycles. The first-order valence-corrected chi connectivity index (χ1v) is 6.11. The smallest absolute Gasteiger partial charge is 0.267 e. The van der Waals surface area contributed by atoms with E-state index in [1.54, 1.807) is 7.11 Å². The minimum Gasteiger partial charge on any atom is -0.356 e. The van der Waals surface area contributed by atoms with E-state index in [9.17, 15) is 8.42 Å². The highest BCUT2D eigenvalue weighted by Gasteiger charge is 2.26. The minimum atomic E-state index is -3.35. The largest absolute Gasteiger partial charge is 0.356 e. The van der Waals surface area contributed by atoms with E-state index in [1.165, 1.54) is 7.11 Å². The van der Waals surface area contributed by atoms with Crippen LogP contribution in [0.4, 0.5) is 0 Å². The first kappa shape index (κ1) is 11.9. The fraction of sp³-hybridized carbons (Fsp3) is 1.00. The van der Waals surface area contributed by atoms with Gasteiger partial charge in [0.1, 0.15) is 0 Å². The molecular weight excluding hydrogens is 208 g/mol. The lowest BCUT2D eigenvalue weighted by molar-refractivity contribution is -0.114. The van der Waals surface area contributed by atoms with Gasteiger partial charge in [0.2, 0.25) is 0 Å². The molecule has 1 heterocycles. The van der Waals surface area contributed by atoms with Crippen molar-refractivity contribution in [3.05, 3.63) is 0 Å². The molecule has 84 valence electrons. The maximum absolute atomic E-state index is 11.0. The number of hydrogen-bond acceptors (Lipinski definition) is 5. The maximum Gasteiger partial charge on any atom is 0.267 e. The molecule has 0 amide bonds. The third kappa shape index (κ3) is 3.53. The minimum absolute atomic E-state index is 0.00456. The molecule has 1 fully saturated rings. The molecule has 0 aromatic carbocycles. The normalized spacial score (nSPS) is 28.1. The SMILES string of the molecule is COC1CCC(CCS(=O)(=O)OC)O1. The average molecular weight is 224 g/mol. The standard InChI is InChI=1S/C8H16O5S/c1-11-8-4-3-7(13-8)5-6-14(9,10)12-2/h7-8H,3-6H2,1-2H3. The molecule has 1 aliphatic rings. The van der Waals surface area contributed by atoms with Gasteiger partial charge in [0.25, 0.3) is 10.1 Å². The van der Waals surface area contributed by atoms with Crippen molar-refractivity contribution in [2.75, 3.05) is 20.0 Å². The summed E-state index contributed by atoms with van der Waals surface area (Å²) < 4.78 is 36.7. The third-order valence-electron chi connectivity index (χ3n) is 2.28. The van der Waals surface area contributed by atoms with Crippen LogP contribution in [0.3, 0.4) is 0 Å². The zero-order chi connectivity index (χ0) is 10.6. The summed E-state index contributed by atoms with van der Waals surface area (Å²) in [4.78, 5) is 0. The lowest BCUT2D eigenvalue weighted by Gasteiger charge is -2.11. The zero-order valence-corrected chi connectivity index (χ0v) is 9.25. The Morgan fingerprint density at radius 3 is 2.57 bits per heavy atom. The molecular formula is C8H16O5S. The van der Waals surface area contributed by atoms with Gasteiger partial charge in [0, 0.05) is 13.5 Å². The van der Waals surface area contributed by atoms with E-state index >= 15 is 0 Å². The van der Waals surface area contributed by atoms with Crippen LogP contribution < -0.4 is 0 Å². The monoisotopic (exact) mass is 224 g/mol. The van der Waals surface area contributed by atoms with Crippen LogP contribution in [-0.4, -0.2) is 40.8 Å². The van der Waals surface area contributed by atoms with Crippen molar-refractivity contribution in [2.24, 2.45) is 0 Å². The van der Waals surface area contributed by atoms with Gasteiger partial charge in [-0.1, -0.05) is 0 Å². The summed E-state index contributed by atoms with van der Waals surface area (Å²) in [5.74, 6) is 0.00456. The first-order chi connectivity index (χ1) is 6.57. The molecule has 14 heavy (non-hydrogen) atoms. The van der Waals surface area contributed by atoms with Crippen molar-refractivity contribution >= 4 is 10.1 Å². The number of methoxy groups -OCH3 is 1. The Morgan fingerprint density at radius 2 is 2.07 bits per heavy atom. The average Bonchev–Trinajstić information content (AvgIpc) is 2.63. The number of ether oxygens (including phenoxy) is 2. The summed E-state index contributed by atoms with van der Waals surface area (Å²) in [5, 5.41) is 0. The molecule has 0 aromatic heterocycles. The van der Waals surface area contributed by atoms with Crippen molar-refractivity contribution in [2.45, 2.75) is 31.7 Å². The van der Waals surface area contributed by atoms with Crippen LogP contribution in [0.2, 0.25) is 0 Å². The third-order valence-corrected chi connectivity index (χ3v) is 3.52. The molecule has 0 radical (unpaired) electrons. The molecule has 0 aromatic rings. The lowest BCUT2D eigenvalue weighted by Crippen LogP contribution is -2.17. The lowest BCUT2D eigenvalue weighted by atomic mass is 10.2. The Balaban J connectivity index is 2.27. The van der Waals surface area contributed by atoms with Crippen LogP contribution in [0.5, 0.6) is 0 Å². The molecule has 1 aliphatic heterocycles. The van der Waals surface area contributed by atoms with Gasteiger partial charge in [-0.05, 0) is 12.8 Å². The van der Waals surface area contributed by atoms with Crippen molar-refractivity contribution in [3.8, 4) is 0 Å². The second kappa shape index (κ2) is 5.06. The Hall–Kier alpha value is -0.170. The van der Waals surface area contributed by atoms with E-state index in [2.05, 4.69) is 4.18 Å². The van der Waals surface area contributed by atoms with Crippen LogP contribution in [0, 0.1) is 0 Å². The molecule has 0 N–H and O–H groups in total. The van der Waals surface area contributed by atoms with Gasteiger partial charge in [-0.15, -0.1) is 0 Å². The molecule has 0 aliphatic carbocycles. The summed E-state index contributed by atoms with van der Waals surface area (Å²) in [5.41, 5.74) is 0. The Morgan fingerprint density at radius 1 is 1.36 bits per heavy atom. The summed E-state index contributed by atoms with van der Waals surface area (Å²) >= 11 is 0. The highest BCUT2D eigenvalue weighted by Crippen LogP contribution is 2.22. The quantitative estimate of drug-likeness (QED) is 0.636. The van der Waals surface area contributed by atoms with E-state index in [0.29, 0.717) is 6.42 Å². The van der Waals surface area contributed by atoms with E-state index in [4.69, 9.17) is 9.47 Å². The van der Waals surface area contributed by atoms with Crippen LogP contribution >= 0.6 is 0 Å². The van der Waals surface area contributed by atoms with Crippen LogP contribution in [0.15, 0.2) is 0 Å². The topological polar surface area (TPSA) is 61.8 Å². The van der Waals surface area contributed by atoms with Gasteiger partial charge >= 0.3 is 0 Å². The first-order valence-electron chi connectivity index (χ1n) is 4.54. The fourth-order valence-electron chi connectivity index (χ4n) is 1.42. The summed E-state index contributed by atoms with van der Waals surface area (Å²) in [6.45, 7) is 0. The Kier molecular flexibility index (Phi) is 4.31. The predicted octanol–water partition coefficient (Wildman–Crippen LogP) is 0.504. The molecule has 0 spiro atoms. The van der Waals surface area contributed by atoms with Crippen molar-refractivity contribution < 1.29 is 22.1 Å². The van der Waals surface area contributed by atoms with Gasteiger partial charge in [-0.25, -0.2) is 0 Å². The van der Waals surface area contributed by atoms with Gasteiger partial charge in [-0.3, -0.25) is 4.18 Å². The van der Waals surface area contributed by atoms with Crippen molar-refractivity contribution in [1.29, 1.82) is 0 Å². The van der Waals surface area contributed by atoms with E-state index in [-0.39, 0.29) is 18.1 Å². The summed E-state index contributed by atoms with van der Waals surface area (Å²) in [6, 6.07) is 0. The zero-order valence-electron chi connectivity index (χ0n) is 8.43. The molecule has 2 unspecified atom stereocenters. The molecule has 6 heteroatoms. The highest BCUT2D eigenvalue weighted by atomic mass is 32.2. The molecule has 1 saturated heterocycles. The predicted molar refractivity (Wildman–Crippen MR) is 50.3 cm³/mol. The number of rotatable bonds is 5. The Bertz CT molecular complexity index is 261. The number of hydrogen-bond donors (Lipinski definition) is 0. The van der Waals surface area contributed by atoms with Gasteiger partial charge in [-0.2, -0.15) is 8.42 Å². The fourth-order valence-corrected chi connectivity index (χ4v) is 2.14.